The van der Waals surface area contributed by atoms with Crippen LogP contribution < -0.4 is 14.6 Å². The van der Waals surface area contributed by atoms with Gasteiger partial charge >= 0.3 is 0 Å². The number of phenolic OH excluding ortho intramolecular Hbond substituents is 1. The highest BCUT2D eigenvalue weighted by Crippen LogP contribution is 2.39. The van der Waals surface area contributed by atoms with E-state index in [9.17, 15) is 15.0 Å². The third-order valence-corrected chi connectivity index (χ3v) is 3.54. The lowest BCUT2D eigenvalue weighted by atomic mass is 9.88. The number of ketones is 1. The third kappa shape index (κ3) is 2.27. The summed E-state index contributed by atoms with van der Waals surface area (Å²) < 4.78 is 10.5. The molecule has 0 radical (unpaired) electrons. The van der Waals surface area contributed by atoms with E-state index in [4.69, 9.17) is 9.47 Å². The van der Waals surface area contributed by atoms with Crippen molar-refractivity contribution in [3.05, 3.63) is 47.5 Å². The second kappa shape index (κ2) is 5.01. The Balaban J connectivity index is 1.98. The van der Waals surface area contributed by atoms with Crippen molar-refractivity contribution in [1.82, 2.24) is 0 Å². The molecule has 0 fully saturated rings. The number of benzene rings is 2. The molecule has 21 heavy (non-hydrogen) atoms. The molecular weight excluding hydrogens is 272 g/mol. The summed E-state index contributed by atoms with van der Waals surface area (Å²) in [6, 6.07) is 9.39. The largest absolute Gasteiger partial charge is 0.872 e. The normalized spacial score (nSPS) is 17.0. The van der Waals surface area contributed by atoms with Gasteiger partial charge in [-0.2, -0.15) is 0 Å². The van der Waals surface area contributed by atoms with Crippen molar-refractivity contribution in [3.63, 3.8) is 0 Å². The van der Waals surface area contributed by atoms with Crippen LogP contribution in [0.25, 0.3) is 0 Å². The molecule has 1 N–H and O–H groups in total. The van der Waals surface area contributed by atoms with Gasteiger partial charge in [-0.25, -0.2) is 0 Å². The van der Waals surface area contributed by atoms with E-state index in [1.165, 1.54) is 6.07 Å². The van der Waals surface area contributed by atoms with Crippen molar-refractivity contribution in [2.75, 3.05) is 13.7 Å². The van der Waals surface area contributed by atoms with Crippen LogP contribution in [0.15, 0.2) is 36.4 Å². The van der Waals surface area contributed by atoms with Gasteiger partial charge in [0.2, 0.25) is 0 Å². The van der Waals surface area contributed by atoms with Crippen LogP contribution in [0, 0.1) is 0 Å². The zero-order valence-electron chi connectivity index (χ0n) is 11.3. The Labute approximate surface area is 121 Å². The first-order chi connectivity index (χ1) is 10.1. The van der Waals surface area contributed by atoms with E-state index in [2.05, 4.69) is 0 Å². The predicted octanol–water partition coefficient (Wildman–Crippen LogP) is 1.83. The van der Waals surface area contributed by atoms with Gasteiger partial charge in [0.1, 0.15) is 23.9 Å². The summed E-state index contributed by atoms with van der Waals surface area (Å²) in [6.45, 7) is 0.140. The van der Waals surface area contributed by atoms with E-state index in [0.29, 0.717) is 5.75 Å². The highest BCUT2D eigenvalue weighted by Gasteiger charge is 2.30. The number of carbonyl (C=O) groups excluding carboxylic acids is 1. The van der Waals surface area contributed by atoms with Gasteiger partial charge in [-0.3, -0.25) is 4.79 Å². The quantitative estimate of drug-likeness (QED) is 0.910. The molecule has 3 rings (SSSR count). The number of Topliss-reactive ketones (excluding diaryl/α,β-unsaturated/α-hetero) is 1. The number of rotatable bonds is 2. The molecule has 2 aromatic rings. The molecule has 0 aliphatic carbocycles. The predicted molar refractivity (Wildman–Crippen MR) is 73.1 cm³/mol. The number of hydrogen-bond donors (Lipinski definition) is 1. The molecule has 0 amide bonds. The summed E-state index contributed by atoms with van der Waals surface area (Å²) >= 11 is 0. The smallest absolute Gasteiger partial charge is 0.176 e. The summed E-state index contributed by atoms with van der Waals surface area (Å²) in [5.41, 5.74) is 0.763. The molecule has 0 saturated heterocycles. The summed E-state index contributed by atoms with van der Waals surface area (Å²) in [5, 5.41) is 21.3. The maximum Gasteiger partial charge on any atom is 0.176 e. The van der Waals surface area contributed by atoms with Crippen molar-refractivity contribution < 1.29 is 24.5 Å². The summed E-state index contributed by atoms with van der Waals surface area (Å²) in [7, 11) is 1.57. The van der Waals surface area contributed by atoms with Crippen LogP contribution in [0.2, 0.25) is 0 Å². The Kier molecular flexibility index (Phi) is 3.17. The summed E-state index contributed by atoms with van der Waals surface area (Å²) in [6.07, 6.45) is 0. The van der Waals surface area contributed by atoms with Gasteiger partial charge in [0.05, 0.1) is 18.6 Å². The summed E-state index contributed by atoms with van der Waals surface area (Å²) in [4.78, 5) is 12.5. The Morgan fingerprint density at radius 3 is 2.67 bits per heavy atom. The number of phenols is 1. The summed E-state index contributed by atoms with van der Waals surface area (Å²) in [5.74, 6) is -0.692. The first-order valence-corrected chi connectivity index (χ1v) is 6.45. The molecule has 5 heteroatoms. The second-order valence-electron chi connectivity index (χ2n) is 4.82. The number of methoxy groups -OCH3 is 1. The average Bonchev–Trinajstić information content (AvgIpc) is 2.47. The van der Waals surface area contributed by atoms with Gasteiger partial charge in [-0.05, 0) is 23.8 Å². The Morgan fingerprint density at radius 1 is 1.29 bits per heavy atom. The standard InChI is InChI=1S/C16H14O5/c1-20-11-4-2-9(3-5-11)12-8-21-14-7-10(17)6-13(18)15(14)16(12)19/h2-7,12,17-18H,8H2,1H3/p-1. The number of fused-ring (bicyclic) bond motifs is 1. The number of hydrogen-bond acceptors (Lipinski definition) is 5. The lowest BCUT2D eigenvalue weighted by molar-refractivity contribution is -0.269. The molecule has 108 valence electrons. The molecule has 5 nitrogen and oxygen atoms in total. The van der Waals surface area contributed by atoms with Crippen molar-refractivity contribution in [1.29, 1.82) is 0 Å². The lowest BCUT2D eigenvalue weighted by Gasteiger charge is -2.28. The molecule has 1 aliphatic rings. The van der Waals surface area contributed by atoms with Crippen LogP contribution >= 0.6 is 0 Å². The van der Waals surface area contributed by atoms with Crippen LogP contribution in [0.4, 0.5) is 0 Å². The molecule has 0 spiro atoms. The van der Waals surface area contributed by atoms with Gasteiger partial charge in [0.15, 0.2) is 5.78 Å². The van der Waals surface area contributed by atoms with E-state index < -0.39 is 11.7 Å². The van der Waals surface area contributed by atoms with E-state index >= 15 is 0 Å². The van der Waals surface area contributed by atoms with E-state index in [1.54, 1.807) is 31.4 Å². The first-order valence-electron chi connectivity index (χ1n) is 6.45. The minimum absolute atomic E-state index is 0.000122. The number of ether oxygens (including phenoxy) is 2. The molecule has 1 aliphatic heterocycles. The SMILES string of the molecule is COc1ccc(C2COc3cc(O)cc([O-])c3C2=O)cc1. The minimum atomic E-state index is -0.527. The van der Waals surface area contributed by atoms with Crippen LogP contribution in [0.3, 0.4) is 0 Å². The average molecular weight is 285 g/mol. The Morgan fingerprint density at radius 2 is 2.00 bits per heavy atom. The fourth-order valence-corrected chi connectivity index (χ4v) is 2.44. The first kappa shape index (κ1) is 13.3. The Hall–Kier alpha value is -2.69. The number of carbonyl (C=O) groups is 1. The van der Waals surface area contributed by atoms with E-state index in [-0.39, 0.29) is 29.5 Å². The van der Waals surface area contributed by atoms with Gasteiger partial charge in [-0.1, -0.05) is 17.9 Å². The van der Waals surface area contributed by atoms with Crippen LogP contribution in [0.5, 0.6) is 23.0 Å². The van der Waals surface area contributed by atoms with Crippen molar-refractivity contribution in [2.45, 2.75) is 5.92 Å². The monoisotopic (exact) mass is 285 g/mol. The second-order valence-corrected chi connectivity index (χ2v) is 4.82. The van der Waals surface area contributed by atoms with Crippen molar-refractivity contribution in [3.8, 4) is 23.0 Å². The molecule has 0 aromatic heterocycles. The molecule has 1 heterocycles. The van der Waals surface area contributed by atoms with Gasteiger partial charge < -0.3 is 19.7 Å². The van der Waals surface area contributed by atoms with E-state index in [0.717, 1.165) is 11.6 Å². The topological polar surface area (TPSA) is 78.8 Å². The maximum atomic E-state index is 12.5. The molecule has 2 aromatic carbocycles. The molecule has 1 unspecified atom stereocenters. The zero-order valence-corrected chi connectivity index (χ0v) is 11.3. The molecule has 0 bridgehead atoms. The molecule has 1 atom stereocenters. The molecular formula is C16H13O5-. The van der Waals surface area contributed by atoms with Crippen LogP contribution in [-0.4, -0.2) is 24.6 Å². The fraction of sp³-hybridized carbons (Fsp3) is 0.188. The highest BCUT2D eigenvalue weighted by atomic mass is 16.5. The minimum Gasteiger partial charge on any atom is -0.872 e. The number of aromatic hydroxyl groups is 1. The van der Waals surface area contributed by atoms with Crippen LogP contribution in [0.1, 0.15) is 21.8 Å². The highest BCUT2D eigenvalue weighted by molar-refractivity contribution is 6.06. The molecule has 0 saturated carbocycles. The van der Waals surface area contributed by atoms with Crippen molar-refractivity contribution in [2.24, 2.45) is 0 Å². The maximum absolute atomic E-state index is 12.5. The third-order valence-electron chi connectivity index (χ3n) is 3.54. The van der Waals surface area contributed by atoms with Gasteiger partial charge in [0.25, 0.3) is 0 Å². The van der Waals surface area contributed by atoms with Crippen LogP contribution in [-0.2, 0) is 0 Å². The van der Waals surface area contributed by atoms with E-state index in [1.807, 2.05) is 0 Å². The van der Waals surface area contributed by atoms with Crippen molar-refractivity contribution >= 4 is 5.78 Å². The fourth-order valence-electron chi connectivity index (χ4n) is 2.44. The Bertz CT molecular complexity index is 691. The lowest BCUT2D eigenvalue weighted by Crippen LogP contribution is -2.27. The zero-order chi connectivity index (χ0) is 15.0. The van der Waals surface area contributed by atoms with Gasteiger partial charge in [-0.15, -0.1) is 0 Å². The van der Waals surface area contributed by atoms with Gasteiger partial charge in [0, 0.05) is 6.07 Å².